The zero-order valence-corrected chi connectivity index (χ0v) is 21.5. The molecule has 0 aromatic heterocycles. The van der Waals surface area contributed by atoms with Gasteiger partial charge in [-0.1, -0.05) is 108 Å². The van der Waals surface area contributed by atoms with Crippen LogP contribution >= 0.6 is 93.1 Å². The number of alkyl halides is 6. The Kier molecular flexibility index (Phi) is 11.2. The van der Waals surface area contributed by atoms with Gasteiger partial charge in [-0.2, -0.15) is 0 Å². The van der Waals surface area contributed by atoms with Crippen molar-refractivity contribution in [1.82, 2.24) is 10.6 Å². The monoisotopic (exact) mass is 548 g/mol. The third-order valence-corrected chi connectivity index (χ3v) is 10.2. The standard InChI is InChI=1S/C17H26Cl6N2OS2/c18-16(19,20)13(27-11-7-3-1-4-8-11)24-15(26)25-14(17(21,22)23)28-12-9-5-2-6-10-12/h11-14H,1-10H2,(H2,24,25,26). The number of carbonyl (C=O) groups excluding carboxylic acids is 1. The van der Waals surface area contributed by atoms with Crippen LogP contribution in [0.15, 0.2) is 0 Å². The van der Waals surface area contributed by atoms with Crippen molar-refractivity contribution in [3.63, 3.8) is 0 Å². The highest BCUT2D eigenvalue weighted by Gasteiger charge is 2.40. The van der Waals surface area contributed by atoms with Crippen LogP contribution in [0.3, 0.4) is 0 Å². The summed E-state index contributed by atoms with van der Waals surface area (Å²) in [6, 6.07) is -0.501. The lowest BCUT2D eigenvalue weighted by Crippen LogP contribution is -2.52. The van der Waals surface area contributed by atoms with Gasteiger partial charge < -0.3 is 10.6 Å². The van der Waals surface area contributed by atoms with Crippen LogP contribution in [0.2, 0.25) is 0 Å². The van der Waals surface area contributed by atoms with Crippen LogP contribution in [-0.4, -0.2) is 34.9 Å². The molecule has 0 saturated heterocycles. The van der Waals surface area contributed by atoms with E-state index in [-0.39, 0.29) is 0 Å². The second-order valence-electron chi connectivity index (χ2n) is 7.25. The molecule has 2 aliphatic rings. The second-order valence-corrected chi connectivity index (χ2v) is 14.8. The number of nitrogens with one attached hydrogen (secondary N) is 2. The van der Waals surface area contributed by atoms with Crippen LogP contribution in [0.4, 0.5) is 4.79 Å². The van der Waals surface area contributed by atoms with Crippen LogP contribution in [0.25, 0.3) is 0 Å². The highest BCUT2D eigenvalue weighted by Crippen LogP contribution is 2.42. The molecule has 2 rings (SSSR count). The van der Waals surface area contributed by atoms with Gasteiger partial charge in [0.25, 0.3) is 0 Å². The summed E-state index contributed by atoms with van der Waals surface area (Å²) < 4.78 is -3.27. The molecule has 0 aromatic rings. The number of urea groups is 1. The topological polar surface area (TPSA) is 41.1 Å². The highest BCUT2D eigenvalue weighted by molar-refractivity contribution is 8.01. The molecule has 2 fully saturated rings. The minimum atomic E-state index is -1.63. The summed E-state index contributed by atoms with van der Waals surface area (Å²) in [5.41, 5.74) is 0. The van der Waals surface area contributed by atoms with E-state index >= 15 is 0 Å². The highest BCUT2D eigenvalue weighted by atomic mass is 35.6. The Balaban J connectivity index is 1.95. The predicted octanol–water partition coefficient (Wildman–Crippen LogP) is 7.81. The predicted molar refractivity (Wildman–Crippen MR) is 129 cm³/mol. The molecular formula is C17H26Cl6N2OS2. The van der Waals surface area contributed by atoms with Crippen molar-refractivity contribution in [3.8, 4) is 0 Å². The number of rotatable bonds is 6. The summed E-state index contributed by atoms with van der Waals surface area (Å²) >= 11 is 39.8. The van der Waals surface area contributed by atoms with Gasteiger partial charge in [0, 0.05) is 10.5 Å². The summed E-state index contributed by atoms with van der Waals surface area (Å²) in [7, 11) is 0. The minimum Gasteiger partial charge on any atom is -0.322 e. The van der Waals surface area contributed by atoms with E-state index in [9.17, 15) is 4.79 Å². The molecule has 0 spiro atoms. The van der Waals surface area contributed by atoms with Crippen molar-refractivity contribution < 1.29 is 4.79 Å². The molecule has 11 heteroatoms. The van der Waals surface area contributed by atoms with Crippen molar-refractivity contribution in [2.24, 2.45) is 0 Å². The fourth-order valence-corrected chi connectivity index (χ4v) is 7.35. The summed E-state index contributed by atoms with van der Waals surface area (Å²) in [5, 5.41) is 4.89. The van der Waals surface area contributed by atoms with E-state index in [0.717, 1.165) is 51.4 Å². The van der Waals surface area contributed by atoms with E-state index < -0.39 is 24.4 Å². The first kappa shape index (κ1) is 26.0. The fraction of sp³-hybridized carbons (Fsp3) is 0.941. The van der Waals surface area contributed by atoms with Crippen molar-refractivity contribution in [1.29, 1.82) is 0 Å². The van der Waals surface area contributed by atoms with Crippen molar-refractivity contribution >= 4 is 99.2 Å². The summed E-state index contributed by atoms with van der Waals surface area (Å²) in [6.07, 6.45) is 11.3. The average Bonchev–Trinajstić information content (AvgIpc) is 2.61. The Labute approximate surface area is 206 Å². The number of thioether (sulfide) groups is 2. The lowest BCUT2D eigenvalue weighted by Gasteiger charge is -2.33. The first-order chi connectivity index (χ1) is 13.1. The van der Waals surface area contributed by atoms with Gasteiger partial charge in [0.1, 0.15) is 10.7 Å². The van der Waals surface area contributed by atoms with Gasteiger partial charge in [0.2, 0.25) is 7.59 Å². The Morgan fingerprint density at radius 3 is 1.29 bits per heavy atom. The summed E-state index contributed by atoms with van der Waals surface area (Å²) in [6.45, 7) is 0. The third-order valence-electron chi connectivity index (χ3n) is 4.88. The molecule has 2 aliphatic carbocycles. The van der Waals surface area contributed by atoms with E-state index in [4.69, 9.17) is 69.6 Å². The van der Waals surface area contributed by atoms with Crippen LogP contribution in [0.5, 0.6) is 0 Å². The van der Waals surface area contributed by atoms with E-state index in [0.29, 0.717) is 10.5 Å². The van der Waals surface area contributed by atoms with Crippen molar-refractivity contribution in [3.05, 3.63) is 0 Å². The smallest absolute Gasteiger partial charge is 0.316 e. The molecule has 2 saturated carbocycles. The summed E-state index contributed by atoms with van der Waals surface area (Å²) in [4.78, 5) is 12.6. The third kappa shape index (κ3) is 9.46. The second kappa shape index (κ2) is 12.1. The molecule has 0 aliphatic heterocycles. The molecule has 2 N–H and O–H groups in total. The SMILES string of the molecule is O=C(NC(SC1CCCCC1)C(Cl)(Cl)Cl)NC(SC1CCCCC1)C(Cl)(Cl)Cl. The molecular weight excluding hydrogens is 525 g/mol. The number of hydrogen-bond donors (Lipinski definition) is 2. The number of halogens is 6. The van der Waals surface area contributed by atoms with Crippen LogP contribution in [0, 0.1) is 0 Å². The quantitative estimate of drug-likeness (QED) is 0.262. The van der Waals surface area contributed by atoms with E-state index in [1.165, 1.54) is 36.4 Å². The molecule has 28 heavy (non-hydrogen) atoms. The first-order valence-corrected chi connectivity index (χ1v) is 13.7. The maximum absolute atomic E-state index is 12.6. The Morgan fingerprint density at radius 2 is 1.00 bits per heavy atom. The Morgan fingerprint density at radius 1 is 0.679 bits per heavy atom. The lowest BCUT2D eigenvalue weighted by molar-refractivity contribution is 0.239. The van der Waals surface area contributed by atoms with E-state index in [2.05, 4.69) is 10.6 Å². The Hall–Kier alpha value is 1.71. The van der Waals surface area contributed by atoms with Crippen molar-refractivity contribution in [2.45, 2.75) is 93.0 Å². The Bertz CT molecular complexity index is 449. The van der Waals surface area contributed by atoms with E-state index in [1.807, 2.05) is 0 Å². The minimum absolute atomic E-state index is 0.357. The summed E-state index contributed by atoms with van der Waals surface area (Å²) in [5.74, 6) is 0. The largest absolute Gasteiger partial charge is 0.322 e. The molecule has 164 valence electrons. The fourth-order valence-electron chi connectivity index (χ4n) is 3.45. The average molecular weight is 551 g/mol. The molecule has 0 bridgehead atoms. The number of amides is 2. The maximum Gasteiger partial charge on any atom is 0.316 e. The molecule has 0 heterocycles. The van der Waals surface area contributed by atoms with Gasteiger partial charge in [0.15, 0.2) is 0 Å². The van der Waals surface area contributed by atoms with Crippen LogP contribution in [-0.2, 0) is 0 Å². The zero-order chi connectivity index (χ0) is 20.8. The van der Waals surface area contributed by atoms with Crippen LogP contribution < -0.4 is 10.6 Å². The van der Waals surface area contributed by atoms with Gasteiger partial charge in [-0.15, -0.1) is 23.5 Å². The first-order valence-electron chi connectivity index (χ1n) is 9.57. The normalized spacial score (nSPS) is 22.5. The zero-order valence-electron chi connectivity index (χ0n) is 15.4. The van der Waals surface area contributed by atoms with Gasteiger partial charge >= 0.3 is 6.03 Å². The van der Waals surface area contributed by atoms with E-state index in [1.54, 1.807) is 0 Å². The maximum atomic E-state index is 12.6. The van der Waals surface area contributed by atoms with Gasteiger partial charge in [-0.25, -0.2) is 4.79 Å². The van der Waals surface area contributed by atoms with Gasteiger partial charge in [-0.3, -0.25) is 0 Å². The molecule has 3 nitrogen and oxygen atoms in total. The number of carbonyl (C=O) groups is 1. The van der Waals surface area contributed by atoms with Gasteiger partial charge in [0.05, 0.1) is 0 Å². The lowest BCUT2D eigenvalue weighted by atomic mass is 10.0. The van der Waals surface area contributed by atoms with Gasteiger partial charge in [-0.05, 0) is 25.7 Å². The molecule has 2 atom stereocenters. The molecule has 0 radical (unpaired) electrons. The number of hydrogen-bond acceptors (Lipinski definition) is 3. The molecule has 2 unspecified atom stereocenters. The molecule has 2 amide bonds. The molecule has 0 aromatic carbocycles. The van der Waals surface area contributed by atoms with Crippen LogP contribution in [0.1, 0.15) is 64.2 Å². The van der Waals surface area contributed by atoms with Crippen molar-refractivity contribution in [2.75, 3.05) is 0 Å².